The van der Waals surface area contributed by atoms with E-state index in [2.05, 4.69) is 5.32 Å². The second-order valence-corrected chi connectivity index (χ2v) is 6.27. The van der Waals surface area contributed by atoms with Crippen LogP contribution in [-0.2, 0) is 12.4 Å². The zero-order valence-corrected chi connectivity index (χ0v) is 13.5. The average molecular weight is 375 g/mol. The fraction of sp³-hybridized carbons (Fsp3) is 0.500. The number of carbonyl (C=O) groups is 1. The molecule has 0 aromatic heterocycles. The van der Waals surface area contributed by atoms with E-state index in [1.165, 1.54) is 18.7 Å². The molecule has 0 aliphatic rings. The van der Waals surface area contributed by atoms with Crippen LogP contribution in [0.15, 0.2) is 18.2 Å². The number of benzene rings is 1. The molecule has 1 aromatic carbocycles. The Morgan fingerprint density at radius 3 is 1.92 bits per heavy atom. The lowest BCUT2D eigenvalue weighted by molar-refractivity contribution is -0.143. The van der Waals surface area contributed by atoms with Crippen molar-refractivity contribution in [3.8, 4) is 0 Å². The molecule has 0 aliphatic heterocycles. The Kier molecular flexibility index (Phi) is 6.20. The molecule has 136 valence electrons. The Balaban J connectivity index is 3.12. The standard InChI is InChI=1S/C14H15F6NO2S/c1-12(23,7-24-2)6-21-11(22)8-3-9(13(15,16)17)5-10(4-8)14(18,19)20/h3-5,23H,6-7H2,1-2H3,(H,21,22). The molecule has 0 saturated carbocycles. The van der Waals surface area contributed by atoms with E-state index in [0.717, 1.165) is 0 Å². The van der Waals surface area contributed by atoms with E-state index < -0.39 is 40.6 Å². The normalized spacial score (nSPS) is 15.0. The van der Waals surface area contributed by atoms with Crippen molar-refractivity contribution in [2.45, 2.75) is 24.9 Å². The van der Waals surface area contributed by atoms with E-state index in [0.29, 0.717) is 12.1 Å². The number of halogens is 6. The SMILES string of the molecule is CSCC(C)(O)CNC(=O)c1cc(C(F)(F)F)cc(C(F)(F)F)c1. The van der Waals surface area contributed by atoms with Crippen LogP contribution in [0.3, 0.4) is 0 Å². The first-order valence-corrected chi connectivity index (χ1v) is 7.95. The zero-order chi connectivity index (χ0) is 18.8. The van der Waals surface area contributed by atoms with E-state index >= 15 is 0 Å². The van der Waals surface area contributed by atoms with Crippen molar-refractivity contribution in [1.82, 2.24) is 5.32 Å². The number of hydrogen-bond acceptors (Lipinski definition) is 3. The van der Waals surface area contributed by atoms with Crippen molar-refractivity contribution >= 4 is 17.7 Å². The first kappa shape index (κ1) is 20.6. The van der Waals surface area contributed by atoms with Gasteiger partial charge in [0.2, 0.25) is 0 Å². The van der Waals surface area contributed by atoms with Crippen molar-refractivity contribution in [3.05, 3.63) is 34.9 Å². The maximum Gasteiger partial charge on any atom is 0.416 e. The summed E-state index contributed by atoms with van der Waals surface area (Å²) in [4.78, 5) is 11.9. The highest BCUT2D eigenvalue weighted by Crippen LogP contribution is 2.36. The third-order valence-corrected chi connectivity index (χ3v) is 3.85. The molecule has 2 N–H and O–H groups in total. The lowest BCUT2D eigenvalue weighted by Crippen LogP contribution is -2.42. The summed E-state index contributed by atoms with van der Waals surface area (Å²) in [5.74, 6) is -0.906. The van der Waals surface area contributed by atoms with Crippen LogP contribution in [0.1, 0.15) is 28.4 Å². The van der Waals surface area contributed by atoms with E-state index in [4.69, 9.17) is 0 Å². The summed E-state index contributed by atoms with van der Waals surface area (Å²) in [6.07, 6.45) is -8.36. The van der Waals surface area contributed by atoms with Crippen molar-refractivity contribution in [2.24, 2.45) is 0 Å². The molecule has 1 rings (SSSR count). The molecule has 1 atom stereocenters. The molecule has 1 aromatic rings. The number of rotatable bonds is 5. The summed E-state index contributed by atoms with van der Waals surface area (Å²) >= 11 is 1.27. The predicted molar refractivity (Wildman–Crippen MR) is 77.8 cm³/mol. The lowest BCUT2D eigenvalue weighted by Gasteiger charge is -2.22. The minimum atomic E-state index is -5.03. The molecule has 0 radical (unpaired) electrons. The summed E-state index contributed by atoms with van der Waals surface area (Å²) in [6, 6.07) is 0.627. The van der Waals surface area contributed by atoms with Crippen LogP contribution in [0.4, 0.5) is 26.3 Å². The average Bonchev–Trinajstić information content (AvgIpc) is 2.42. The largest absolute Gasteiger partial charge is 0.416 e. The Labute approximate surface area is 138 Å². The Morgan fingerprint density at radius 1 is 1.08 bits per heavy atom. The molecule has 0 heterocycles. The van der Waals surface area contributed by atoms with Gasteiger partial charge in [-0.15, -0.1) is 0 Å². The Bertz CT molecular complexity index is 566. The van der Waals surface area contributed by atoms with Crippen LogP contribution in [0.5, 0.6) is 0 Å². The van der Waals surface area contributed by atoms with Gasteiger partial charge in [0, 0.05) is 17.9 Å². The minimum absolute atomic E-state index is 0.0549. The predicted octanol–water partition coefficient (Wildman–Crippen LogP) is 3.57. The van der Waals surface area contributed by atoms with Gasteiger partial charge in [0.15, 0.2) is 0 Å². The second kappa shape index (κ2) is 7.22. The van der Waals surface area contributed by atoms with Crippen molar-refractivity contribution in [2.75, 3.05) is 18.6 Å². The summed E-state index contributed by atoms with van der Waals surface area (Å²) in [7, 11) is 0. The molecule has 0 fully saturated rings. The Hall–Kier alpha value is -1.42. The maximum absolute atomic E-state index is 12.7. The fourth-order valence-electron chi connectivity index (χ4n) is 1.82. The monoisotopic (exact) mass is 375 g/mol. The van der Waals surface area contributed by atoms with Gasteiger partial charge in [-0.25, -0.2) is 0 Å². The van der Waals surface area contributed by atoms with E-state index in [1.54, 1.807) is 6.26 Å². The summed E-state index contributed by atoms with van der Waals surface area (Å²) in [6.45, 7) is 1.07. The molecule has 0 bridgehead atoms. The van der Waals surface area contributed by atoms with Gasteiger partial charge < -0.3 is 10.4 Å². The van der Waals surface area contributed by atoms with Gasteiger partial charge >= 0.3 is 12.4 Å². The van der Waals surface area contributed by atoms with Crippen LogP contribution < -0.4 is 5.32 Å². The van der Waals surface area contributed by atoms with Crippen molar-refractivity contribution in [1.29, 1.82) is 0 Å². The van der Waals surface area contributed by atoms with Crippen LogP contribution in [0.25, 0.3) is 0 Å². The second-order valence-electron chi connectivity index (χ2n) is 5.41. The van der Waals surface area contributed by atoms with Gasteiger partial charge in [-0.2, -0.15) is 38.1 Å². The summed E-state index contributed by atoms with van der Waals surface area (Å²) < 4.78 is 76.4. The van der Waals surface area contributed by atoms with Crippen LogP contribution in [0.2, 0.25) is 0 Å². The highest BCUT2D eigenvalue weighted by Gasteiger charge is 2.37. The number of aliphatic hydroxyl groups is 1. The summed E-state index contributed by atoms with van der Waals surface area (Å²) in [5.41, 5.74) is -5.27. The van der Waals surface area contributed by atoms with Crippen LogP contribution >= 0.6 is 11.8 Å². The smallest absolute Gasteiger partial charge is 0.387 e. The third-order valence-electron chi connectivity index (χ3n) is 2.93. The quantitative estimate of drug-likeness (QED) is 0.774. The zero-order valence-electron chi connectivity index (χ0n) is 12.7. The molecule has 10 heteroatoms. The van der Waals surface area contributed by atoms with E-state index in [-0.39, 0.29) is 18.4 Å². The third kappa shape index (κ3) is 5.90. The first-order valence-electron chi connectivity index (χ1n) is 6.55. The fourth-order valence-corrected chi connectivity index (χ4v) is 2.54. The first-order chi connectivity index (χ1) is 10.8. The molecule has 1 amide bonds. The van der Waals surface area contributed by atoms with Crippen LogP contribution in [0, 0.1) is 0 Å². The molecular formula is C14H15F6NO2S. The number of hydrogen-bond donors (Lipinski definition) is 2. The van der Waals surface area contributed by atoms with Crippen molar-refractivity contribution in [3.63, 3.8) is 0 Å². The highest BCUT2D eigenvalue weighted by atomic mass is 32.2. The van der Waals surface area contributed by atoms with Gasteiger partial charge in [0.1, 0.15) is 0 Å². The van der Waals surface area contributed by atoms with Gasteiger partial charge in [0.25, 0.3) is 5.91 Å². The highest BCUT2D eigenvalue weighted by molar-refractivity contribution is 7.98. The molecule has 0 aliphatic carbocycles. The van der Waals surface area contributed by atoms with Gasteiger partial charge in [-0.3, -0.25) is 4.79 Å². The molecule has 3 nitrogen and oxygen atoms in total. The minimum Gasteiger partial charge on any atom is -0.387 e. The lowest BCUT2D eigenvalue weighted by atomic mass is 10.0. The number of amides is 1. The van der Waals surface area contributed by atoms with E-state index in [9.17, 15) is 36.2 Å². The summed E-state index contributed by atoms with van der Waals surface area (Å²) in [5, 5.41) is 12.0. The van der Waals surface area contributed by atoms with Gasteiger partial charge in [-0.1, -0.05) is 0 Å². The van der Waals surface area contributed by atoms with Gasteiger partial charge in [-0.05, 0) is 31.4 Å². The topological polar surface area (TPSA) is 49.3 Å². The van der Waals surface area contributed by atoms with Gasteiger partial charge in [0.05, 0.1) is 16.7 Å². The maximum atomic E-state index is 12.7. The van der Waals surface area contributed by atoms with Crippen LogP contribution in [-0.4, -0.2) is 35.2 Å². The number of nitrogens with one attached hydrogen (secondary N) is 1. The van der Waals surface area contributed by atoms with E-state index in [1.807, 2.05) is 0 Å². The molecular weight excluding hydrogens is 360 g/mol. The molecule has 1 unspecified atom stereocenters. The molecule has 24 heavy (non-hydrogen) atoms. The number of thioether (sulfide) groups is 1. The molecule has 0 spiro atoms. The van der Waals surface area contributed by atoms with Crippen molar-refractivity contribution < 1.29 is 36.2 Å². The number of alkyl halides is 6. The number of carbonyl (C=O) groups excluding carboxylic acids is 1. The Morgan fingerprint density at radius 2 is 1.54 bits per heavy atom. The molecule has 0 saturated heterocycles.